The Morgan fingerprint density at radius 3 is 2.44 bits per heavy atom. The fourth-order valence-corrected chi connectivity index (χ4v) is 2.30. The van der Waals surface area contributed by atoms with Crippen LogP contribution in [0.2, 0.25) is 5.54 Å². The van der Waals surface area contributed by atoms with Gasteiger partial charge in [0.25, 0.3) is 0 Å². The molecule has 51 valence electrons. The van der Waals surface area contributed by atoms with Crippen LogP contribution in [0.25, 0.3) is 0 Å². The average molecular weight is 139 g/mol. The zero-order valence-electron chi connectivity index (χ0n) is 6.19. The third-order valence-corrected chi connectivity index (χ3v) is 3.19. The molecule has 0 aliphatic heterocycles. The summed E-state index contributed by atoms with van der Waals surface area (Å²) in [6, 6.07) is 0. The lowest BCUT2D eigenvalue weighted by atomic mass is 9.87. The molecule has 3 radical (unpaired) electrons. The van der Waals surface area contributed by atoms with E-state index in [1.54, 1.807) is 0 Å². The van der Waals surface area contributed by atoms with Crippen molar-refractivity contribution in [1.29, 1.82) is 0 Å². The van der Waals surface area contributed by atoms with Crippen molar-refractivity contribution in [2.24, 2.45) is 5.92 Å². The standard InChI is InChI=1S/C8H15Si/c1-2-7-5-3-4-6-8(7)9/h7-8H,2-6H2,1H3. The first-order valence-electron chi connectivity index (χ1n) is 4.05. The highest BCUT2D eigenvalue weighted by molar-refractivity contribution is 6.11. The van der Waals surface area contributed by atoms with Gasteiger partial charge in [-0.3, -0.25) is 0 Å². The van der Waals surface area contributed by atoms with Crippen LogP contribution in [-0.2, 0) is 0 Å². The van der Waals surface area contributed by atoms with Crippen molar-refractivity contribution in [1.82, 2.24) is 0 Å². The monoisotopic (exact) mass is 139 g/mol. The van der Waals surface area contributed by atoms with Crippen LogP contribution in [0, 0.1) is 5.92 Å². The van der Waals surface area contributed by atoms with E-state index in [4.69, 9.17) is 0 Å². The minimum atomic E-state index is 0.823. The Labute approximate surface area is 61.5 Å². The zero-order chi connectivity index (χ0) is 6.69. The van der Waals surface area contributed by atoms with Crippen molar-refractivity contribution in [3.8, 4) is 0 Å². The fraction of sp³-hybridized carbons (Fsp3) is 1.00. The van der Waals surface area contributed by atoms with Crippen molar-refractivity contribution in [3.05, 3.63) is 0 Å². The summed E-state index contributed by atoms with van der Waals surface area (Å²) in [5.41, 5.74) is 0.823. The average Bonchev–Trinajstić information content (AvgIpc) is 1.89. The molecule has 0 N–H and O–H groups in total. The van der Waals surface area contributed by atoms with Gasteiger partial charge in [-0.15, -0.1) is 0 Å². The van der Waals surface area contributed by atoms with Crippen LogP contribution in [0.5, 0.6) is 0 Å². The van der Waals surface area contributed by atoms with Crippen molar-refractivity contribution in [3.63, 3.8) is 0 Å². The molecule has 2 unspecified atom stereocenters. The maximum atomic E-state index is 3.76. The molecule has 1 aliphatic rings. The van der Waals surface area contributed by atoms with Gasteiger partial charge in [0.05, 0.1) is 0 Å². The number of hydrogen-bond donors (Lipinski definition) is 0. The molecule has 0 bridgehead atoms. The SMILES string of the molecule is CCC1CCCCC1[Si]. The lowest BCUT2D eigenvalue weighted by Gasteiger charge is -2.27. The van der Waals surface area contributed by atoms with Crippen LogP contribution in [0.15, 0.2) is 0 Å². The van der Waals surface area contributed by atoms with Gasteiger partial charge < -0.3 is 0 Å². The summed E-state index contributed by atoms with van der Waals surface area (Å²) in [5.74, 6) is 0.968. The molecule has 0 nitrogen and oxygen atoms in total. The first kappa shape index (κ1) is 7.33. The van der Waals surface area contributed by atoms with Gasteiger partial charge in [0.2, 0.25) is 0 Å². The summed E-state index contributed by atoms with van der Waals surface area (Å²) in [6.07, 6.45) is 7.10. The Kier molecular flexibility index (Phi) is 2.77. The highest BCUT2D eigenvalue weighted by atomic mass is 28.1. The molecule has 0 aromatic rings. The van der Waals surface area contributed by atoms with Gasteiger partial charge in [0.15, 0.2) is 0 Å². The summed E-state index contributed by atoms with van der Waals surface area (Å²) in [5, 5.41) is 0. The second kappa shape index (κ2) is 3.40. The van der Waals surface area contributed by atoms with Crippen molar-refractivity contribution in [2.45, 2.75) is 44.6 Å². The second-order valence-electron chi connectivity index (χ2n) is 3.06. The van der Waals surface area contributed by atoms with Crippen LogP contribution < -0.4 is 0 Å². The predicted octanol–water partition coefficient (Wildman–Crippen LogP) is 2.54. The van der Waals surface area contributed by atoms with Crippen molar-refractivity contribution < 1.29 is 0 Å². The largest absolute Gasteiger partial charge is 0.0651 e. The van der Waals surface area contributed by atoms with Crippen LogP contribution in [-0.4, -0.2) is 10.2 Å². The van der Waals surface area contributed by atoms with Crippen LogP contribution in [0.3, 0.4) is 0 Å². The molecular formula is C8H15Si. The van der Waals surface area contributed by atoms with E-state index in [0.29, 0.717) is 0 Å². The number of hydrogen-bond acceptors (Lipinski definition) is 0. The molecule has 1 fully saturated rings. The second-order valence-corrected chi connectivity index (χ2v) is 3.80. The van der Waals surface area contributed by atoms with E-state index >= 15 is 0 Å². The van der Waals surface area contributed by atoms with E-state index in [1.165, 1.54) is 32.1 Å². The van der Waals surface area contributed by atoms with Crippen molar-refractivity contribution >= 4 is 10.2 Å². The van der Waals surface area contributed by atoms with Crippen LogP contribution in [0.4, 0.5) is 0 Å². The third kappa shape index (κ3) is 1.82. The molecule has 2 atom stereocenters. The normalized spacial score (nSPS) is 36.7. The highest BCUT2D eigenvalue weighted by Gasteiger charge is 2.18. The molecule has 0 aromatic carbocycles. The minimum absolute atomic E-state index is 0.823. The Morgan fingerprint density at radius 1 is 1.33 bits per heavy atom. The molecule has 1 saturated carbocycles. The Bertz CT molecular complexity index is 80.6. The molecule has 9 heavy (non-hydrogen) atoms. The molecule has 1 aliphatic carbocycles. The van der Waals surface area contributed by atoms with E-state index in [2.05, 4.69) is 17.2 Å². The van der Waals surface area contributed by atoms with Gasteiger partial charge in [-0.2, -0.15) is 0 Å². The van der Waals surface area contributed by atoms with E-state index in [1.807, 2.05) is 0 Å². The Balaban J connectivity index is 2.30. The molecule has 0 spiro atoms. The molecule has 0 saturated heterocycles. The number of rotatable bonds is 1. The summed E-state index contributed by atoms with van der Waals surface area (Å²) in [4.78, 5) is 0. The van der Waals surface area contributed by atoms with Gasteiger partial charge in [0, 0.05) is 10.2 Å². The van der Waals surface area contributed by atoms with Crippen LogP contribution >= 0.6 is 0 Å². The van der Waals surface area contributed by atoms with E-state index < -0.39 is 0 Å². The first-order valence-corrected chi connectivity index (χ1v) is 4.63. The van der Waals surface area contributed by atoms with Crippen LogP contribution in [0.1, 0.15) is 39.0 Å². The summed E-state index contributed by atoms with van der Waals surface area (Å²) in [6.45, 7) is 2.29. The van der Waals surface area contributed by atoms with E-state index in [9.17, 15) is 0 Å². The zero-order valence-corrected chi connectivity index (χ0v) is 7.19. The van der Waals surface area contributed by atoms with Gasteiger partial charge in [-0.1, -0.05) is 39.0 Å². The first-order chi connectivity index (χ1) is 4.34. The maximum absolute atomic E-state index is 3.76. The highest BCUT2D eigenvalue weighted by Crippen LogP contribution is 2.33. The van der Waals surface area contributed by atoms with E-state index in [-0.39, 0.29) is 0 Å². The summed E-state index contributed by atoms with van der Waals surface area (Å²) >= 11 is 0. The Hall–Kier alpha value is 0.217. The third-order valence-electron chi connectivity index (χ3n) is 2.43. The lowest BCUT2D eigenvalue weighted by molar-refractivity contribution is 0.350. The van der Waals surface area contributed by atoms with Gasteiger partial charge in [0.1, 0.15) is 0 Å². The van der Waals surface area contributed by atoms with Crippen molar-refractivity contribution in [2.75, 3.05) is 0 Å². The fourth-order valence-electron chi connectivity index (χ4n) is 1.70. The van der Waals surface area contributed by atoms with Gasteiger partial charge in [-0.05, 0) is 11.5 Å². The molecule has 1 heteroatoms. The molecule has 1 rings (SSSR count). The summed E-state index contributed by atoms with van der Waals surface area (Å²) in [7, 11) is 3.76. The topological polar surface area (TPSA) is 0 Å². The molecular weight excluding hydrogens is 124 g/mol. The minimum Gasteiger partial charge on any atom is -0.0651 e. The maximum Gasteiger partial charge on any atom is 0.0270 e. The molecule has 0 aromatic heterocycles. The molecule has 0 heterocycles. The lowest BCUT2D eigenvalue weighted by Crippen LogP contribution is -2.13. The summed E-state index contributed by atoms with van der Waals surface area (Å²) < 4.78 is 0. The molecule has 0 amide bonds. The Morgan fingerprint density at radius 2 is 2.00 bits per heavy atom. The van der Waals surface area contributed by atoms with Gasteiger partial charge in [-0.25, -0.2) is 0 Å². The quantitative estimate of drug-likeness (QED) is 0.490. The predicted molar refractivity (Wildman–Crippen MR) is 41.8 cm³/mol. The van der Waals surface area contributed by atoms with Gasteiger partial charge >= 0.3 is 0 Å². The smallest absolute Gasteiger partial charge is 0.0270 e. The van der Waals surface area contributed by atoms with E-state index in [0.717, 1.165) is 11.5 Å².